The molecule has 1 fully saturated rings. The van der Waals surface area contributed by atoms with E-state index in [4.69, 9.17) is 14.2 Å². The topological polar surface area (TPSA) is 174 Å². The zero-order valence-electron chi connectivity index (χ0n) is 32.5. The van der Waals surface area contributed by atoms with Gasteiger partial charge in [-0.1, -0.05) is 31.4 Å². The smallest absolute Gasteiger partial charge is 0.407 e. The number of fused-ring (bicyclic) bond motifs is 3. The summed E-state index contributed by atoms with van der Waals surface area (Å²) >= 11 is 1.55. The van der Waals surface area contributed by atoms with Crippen molar-refractivity contribution in [1.29, 1.82) is 0 Å². The standard InChI is InChI=1S/C42H47N5O8S/c1-24-20-25(23-44-40(52)55-41(2,3)4)10-12-31(24)46-36(48)29-21-30-33(54-18-14-26-15-19-56-35(26)30)22-28(29)27-11-13-32(45-34(27)38(50)53-6)37(49)47-42(39(51)43-5)16-8-7-9-17-42/h10-13,15,19-22H,7-9,14,16-18,23H2,1-6H3,(H,43,51)(H,44,52)(H,46,48)(H,47,49). The number of carbonyl (C=O) groups is 5. The number of alkyl carbamates (subject to hydrolysis) is 1. The number of benzene rings is 2. The van der Waals surface area contributed by atoms with Crippen molar-refractivity contribution in [3.05, 3.63) is 87.6 Å². The van der Waals surface area contributed by atoms with Gasteiger partial charge in [-0.2, -0.15) is 0 Å². The van der Waals surface area contributed by atoms with Crippen molar-refractivity contribution < 1.29 is 38.2 Å². The third-order valence-electron chi connectivity index (χ3n) is 9.88. The van der Waals surface area contributed by atoms with E-state index < -0.39 is 35.0 Å². The second kappa shape index (κ2) is 16.5. The average molecular weight is 782 g/mol. The molecule has 3 heterocycles. The van der Waals surface area contributed by atoms with E-state index >= 15 is 0 Å². The predicted octanol–water partition coefficient (Wildman–Crippen LogP) is 6.96. The molecule has 4 amide bonds. The summed E-state index contributed by atoms with van der Waals surface area (Å²) in [6, 6.07) is 14.0. The van der Waals surface area contributed by atoms with E-state index in [1.54, 1.807) is 62.4 Å². The summed E-state index contributed by atoms with van der Waals surface area (Å²) < 4.78 is 16.7. The van der Waals surface area contributed by atoms with Crippen molar-refractivity contribution in [2.24, 2.45) is 0 Å². The Labute approximate surface area is 329 Å². The molecule has 0 spiro atoms. The molecule has 1 aliphatic heterocycles. The van der Waals surface area contributed by atoms with Crippen molar-refractivity contribution >= 4 is 46.8 Å². The van der Waals surface area contributed by atoms with Crippen molar-refractivity contribution in [2.45, 2.75) is 83.9 Å². The van der Waals surface area contributed by atoms with Crippen molar-refractivity contribution in [3.63, 3.8) is 0 Å². The van der Waals surface area contributed by atoms with Gasteiger partial charge in [-0.05, 0) is 99.0 Å². The van der Waals surface area contributed by atoms with Gasteiger partial charge in [0.05, 0.1) is 13.7 Å². The summed E-state index contributed by atoms with van der Waals surface area (Å²) in [5, 5.41) is 13.4. The number of anilines is 1. The third-order valence-corrected chi connectivity index (χ3v) is 10.9. The second-order valence-corrected chi connectivity index (χ2v) is 15.9. The minimum atomic E-state index is -1.10. The van der Waals surface area contributed by atoms with Gasteiger partial charge in [-0.3, -0.25) is 14.4 Å². The van der Waals surface area contributed by atoms with Gasteiger partial charge >= 0.3 is 12.1 Å². The van der Waals surface area contributed by atoms with Gasteiger partial charge in [0, 0.05) is 52.8 Å². The summed E-state index contributed by atoms with van der Waals surface area (Å²) in [4.78, 5) is 72.3. The van der Waals surface area contributed by atoms with E-state index in [0.717, 1.165) is 46.4 Å². The molecule has 0 bridgehead atoms. The van der Waals surface area contributed by atoms with Gasteiger partial charge in [0.2, 0.25) is 5.91 Å². The first-order chi connectivity index (χ1) is 26.7. The molecule has 294 valence electrons. The number of nitrogens with one attached hydrogen (secondary N) is 4. The number of likely N-dealkylation sites (N-methyl/N-ethyl adjacent to an activating group) is 1. The Hall–Kier alpha value is -5.76. The number of rotatable bonds is 9. The molecule has 1 aliphatic carbocycles. The van der Waals surface area contributed by atoms with Crippen LogP contribution in [0, 0.1) is 6.92 Å². The fraction of sp³-hybridized carbons (Fsp3) is 0.381. The molecule has 2 aromatic heterocycles. The Morgan fingerprint density at radius 1 is 0.929 bits per heavy atom. The Morgan fingerprint density at radius 2 is 1.70 bits per heavy atom. The number of aryl methyl sites for hydroxylation is 1. The Kier molecular flexibility index (Phi) is 11.8. The number of hydrogen-bond acceptors (Lipinski definition) is 10. The number of aromatic nitrogens is 1. The highest BCUT2D eigenvalue weighted by Crippen LogP contribution is 2.43. The fourth-order valence-corrected chi connectivity index (χ4v) is 8.10. The van der Waals surface area contributed by atoms with Crippen LogP contribution in [-0.2, 0) is 27.2 Å². The van der Waals surface area contributed by atoms with Gasteiger partial charge in [0.1, 0.15) is 22.6 Å². The summed E-state index contributed by atoms with van der Waals surface area (Å²) in [5.74, 6) is -1.65. The number of amides is 4. The zero-order chi connectivity index (χ0) is 40.2. The molecule has 56 heavy (non-hydrogen) atoms. The first kappa shape index (κ1) is 39.9. The third kappa shape index (κ3) is 8.70. The van der Waals surface area contributed by atoms with E-state index in [1.807, 2.05) is 24.4 Å². The highest BCUT2D eigenvalue weighted by atomic mass is 32.1. The molecule has 4 aromatic rings. The minimum absolute atomic E-state index is 0.0832. The number of esters is 1. The molecular weight excluding hydrogens is 735 g/mol. The van der Waals surface area contributed by atoms with Gasteiger partial charge < -0.3 is 35.5 Å². The van der Waals surface area contributed by atoms with Crippen molar-refractivity contribution in [3.8, 4) is 27.3 Å². The Bertz CT molecular complexity index is 2180. The molecule has 4 N–H and O–H groups in total. The highest BCUT2D eigenvalue weighted by Gasteiger charge is 2.41. The number of methoxy groups -OCH3 is 1. The molecule has 0 radical (unpaired) electrons. The molecule has 0 saturated heterocycles. The van der Waals surface area contributed by atoms with Crippen LogP contribution in [0.1, 0.15) is 101 Å². The molecule has 2 aliphatic rings. The normalized spacial score (nSPS) is 14.5. The minimum Gasteiger partial charge on any atom is -0.493 e. The van der Waals surface area contributed by atoms with E-state index in [2.05, 4.69) is 26.3 Å². The predicted molar refractivity (Wildman–Crippen MR) is 213 cm³/mol. The SMILES string of the molecule is CNC(=O)C1(NC(=O)c2ccc(-c3cc4c(cc3C(=O)Nc3ccc(CNC(=O)OC(C)(C)C)cc3C)-c3sccc3CCO4)c(C(=O)OC)n2)CCCCC1. The first-order valence-electron chi connectivity index (χ1n) is 18.6. The number of ether oxygens (including phenoxy) is 3. The van der Waals surface area contributed by atoms with Crippen molar-refractivity contribution in [1.82, 2.24) is 20.9 Å². The van der Waals surface area contributed by atoms with E-state index in [1.165, 1.54) is 20.2 Å². The summed E-state index contributed by atoms with van der Waals surface area (Å²) in [6.07, 6.45) is 3.61. The lowest BCUT2D eigenvalue weighted by Crippen LogP contribution is -2.59. The van der Waals surface area contributed by atoms with Crippen LogP contribution in [0.25, 0.3) is 21.6 Å². The maximum absolute atomic E-state index is 14.4. The quantitative estimate of drug-likeness (QED) is 0.131. The Balaban J connectivity index is 1.38. The number of carbonyl (C=O) groups excluding carboxylic acids is 5. The lowest BCUT2D eigenvalue weighted by molar-refractivity contribution is -0.128. The van der Waals surface area contributed by atoms with Crippen LogP contribution >= 0.6 is 11.3 Å². The summed E-state index contributed by atoms with van der Waals surface area (Å²) in [5.41, 5.74) is 2.75. The molecule has 0 atom stereocenters. The fourth-order valence-electron chi connectivity index (χ4n) is 7.12. The maximum atomic E-state index is 14.4. The second-order valence-electron chi connectivity index (χ2n) is 15.0. The van der Waals surface area contributed by atoms with E-state index in [-0.39, 0.29) is 35.0 Å². The first-order valence-corrected chi connectivity index (χ1v) is 19.5. The average Bonchev–Trinajstić information content (AvgIpc) is 3.57. The van der Waals surface area contributed by atoms with Gasteiger partial charge in [0.15, 0.2) is 5.69 Å². The molecular formula is C42H47N5O8S. The monoisotopic (exact) mass is 781 g/mol. The van der Waals surface area contributed by atoms with Crippen LogP contribution in [0.3, 0.4) is 0 Å². The number of hydrogen-bond donors (Lipinski definition) is 4. The largest absolute Gasteiger partial charge is 0.493 e. The van der Waals surface area contributed by atoms with Gasteiger partial charge in [0.25, 0.3) is 11.8 Å². The molecule has 0 unspecified atom stereocenters. The molecule has 1 saturated carbocycles. The molecule has 14 heteroatoms. The number of thiophene rings is 1. The number of pyridine rings is 1. The maximum Gasteiger partial charge on any atom is 0.407 e. The highest BCUT2D eigenvalue weighted by molar-refractivity contribution is 7.13. The van der Waals surface area contributed by atoms with Crippen LogP contribution in [-0.4, -0.2) is 66.7 Å². The number of nitrogens with zero attached hydrogens (tertiary/aromatic N) is 1. The lowest BCUT2D eigenvalue weighted by atomic mass is 9.80. The van der Waals surface area contributed by atoms with Crippen LogP contribution in [0.4, 0.5) is 10.5 Å². The van der Waals surface area contributed by atoms with Crippen molar-refractivity contribution in [2.75, 3.05) is 26.1 Å². The molecule has 13 nitrogen and oxygen atoms in total. The van der Waals surface area contributed by atoms with Crippen LogP contribution < -0.4 is 26.0 Å². The van der Waals surface area contributed by atoms with Crippen LogP contribution in [0.5, 0.6) is 5.75 Å². The zero-order valence-corrected chi connectivity index (χ0v) is 33.3. The molecule has 6 rings (SSSR count). The summed E-state index contributed by atoms with van der Waals surface area (Å²) in [6.45, 7) is 7.86. The van der Waals surface area contributed by atoms with Gasteiger partial charge in [-0.15, -0.1) is 11.3 Å². The van der Waals surface area contributed by atoms with Crippen LogP contribution in [0.15, 0.2) is 53.9 Å². The van der Waals surface area contributed by atoms with E-state index in [9.17, 15) is 24.0 Å². The summed E-state index contributed by atoms with van der Waals surface area (Å²) in [7, 11) is 2.75. The van der Waals surface area contributed by atoms with Gasteiger partial charge in [-0.25, -0.2) is 14.6 Å². The van der Waals surface area contributed by atoms with Crippen LogP contribution in [0.2, 0.25) is 0 Å². The lowest BCUT2D eigenvalue weighted by Gasteiger charge is -2.36. The Morgan fingerprint density at radius 3 is 2.39 bits per heavy atom. The van der Waals surface area contributed by atoms with E-state index in [0.29, 0.717) is 42.9 Å². The molecule has 2 aromatic carbocycles.